The third-order valence-electron chi connectivity index (χ3n) is 4.80. The Kier molecular flexibility index (Phi) is 6.34. The molecule has 3 aromatic rings. The minimum Gasteiger partial charge on any atom is -0.493 e. The molecule has 0 saturated heterocycles. The van der Waals surface area contributed by atoms with E-state index in [-0.39, 0.29) is 25.3 Å². The number of hydrogen-bond acceptors (Lipinski definition) is 5. The summed E-state index contributed by atoms with van der Waals surface area (Å²) in [4.78, 5) is 26.2. The molecule has 2 aromatic carbocycles. The quantitative estimate of drug-likeness (QED) is 0.538. The summed E-state index contributed by atoms with van der Waals surface area (Å²) in [6, 6.07) is 8.70. The van der Waals surface area contributed by atoms with Crippen molar-refractivity contribution in [2.24, 2.45) is 0 Å². The van der Waals surface area contributed by atoms with E-state index in [2.05, 4.69) is 4.74 Å². The molecule has 0 radical (unpaired) electrons. The molecule has 1 heterocycles. The maximum atomic E-state index is 13.6. The molecule has 0 bridgehead atoms. The number of methoxy groups -OCH3 is 2. The van der Waals surface area contributed by atoms with Crippen LogP contribution in [0.5, 0.6) is 5.75 Å². The second-order valence-electron chi connectivity index (χ2n) is 6.69. The average molecular weight is 417 g/mol. The minimum absolute atomic E-state index is 0.0120. The first-order valence-corrected chi connectivity index (χ1v) is 9.21. The minimum atomic E-state index is -1.02. The second kappa shape index (κ2) is 8.94. The highest BCUT2D eigenvalue weighted by molar-refractivity contribution is 6.00. The molecule has 0 aliphatic rings. The van der Waals surface area contributed by atoms with E-state index < -0.39 is 23.5 Å². The number of para-hydroxylation sites is 1. The molecule has 6 nitrogen and oxygen atoms in total. The lowest BCUT2D eigenvalue weighted by Gasteiger charge is -2.22. The highest BCUT2D eigenvalue weighted by Crippen LogP contribution is 2.33. The van der Waals surface area contributed by atoms with E-state index in [0.29, 0.717) is 22.5 Å². The molecule has 0 spiro atoms. The zero-order valence-corrected chi connectivity index (χ0v) is 16.8. The molecule has 0 saturated carbocycles. The van der Waals surface area contributed by atoms with Crippen LogP contribution in [0.15, 0.2) is 40.8 Å². The van der Waals surface area contributed by atoms with Gasteiger partial charge in [0, 0.05) is 24.0 Å². The molecular formula is C22H21F2NO5. The van der Waals surface area contributed by atoms with Crippen LogP contribution in [0.25, 0.3) is 11.0 Å². The number of ether oxygens (including phenoxy) is 2. The van der Waals surface area contributed by atoms with Crippen molar-refractivity contribution in [2.75, 3.05) is 20.8 Å². The molecule has 0 unspecified atom stereocenters. The first-order valence-electron chi connectivity index (χ1n) is 9.21. The maximum absolute atomic E-state index is 13.6. The fourth-order valence-corrected chi connectivity index (χ4v) is 3.16. The molecule has 0 aliphatic carbocycles. The zero-order chi connectivity index (χ0) is 21.8. The van der Waals surface area contributed by atoms with Crippen molar-refractivity contribution in [1.82, 2.24) is 4.90 Å². The molecule has 0 fully saturated rings. The number of esters is 1. The Morgan fingerprint density at radius 3 is 2.53 bits per heavy atom. The summed E-state index contributed by atoms with van der Waals surface area (Å²) < 4.78 is 42.6. The number of aryl methyl sites for hydroxylation is 1. The monoisotopic (exact) mass is 417 g/mol. The Morgan fingerprint density at radius 2 is 1.87 bits per heavy atom. The van der Waals surface area contributed by atoms with Crippen molar-refractivity contribution in [3.05, 3.63) is 64.9 Å². The van der Waals surface area contributed by atoms with Crippen LogP contribution in [0.3, 0.4) is 0 Å². The van der Waals surface area contributed by atoms with Crippen molar-refractivity contribution in [3.8, 4) is 5.75 Å². The van der Waals surface area contributed by atoms with E-state index in [1.165, 1.54) is 25.2 Å². The molecule has 158 valence electrons. The van der Waals surface area contributed by atoms with Gasteiger partial charge in [-0.15, -0.1) is 0 Å². The number of furan rings is 1. The largest absolute Gasteiger partial charge is 0.493 e. The standard InChI is InChI=1S/C22H21F2NO5/c1-13-15-5-4-6-18(28-2)21(15)30-20(13)22(27)25(10-9-19(26)29-3)12-14-7-8-16(23)17(24)11-14/h4-8,11H,9-10,12H2,1-3H3. The van der Waals surface area contributed by atoms with Crippen LogP contribution in [0.1, 0.15) is 28.1 Å². The fraction of sp³-hybridized carbons (Fsp3) is 0.273. The van der Waals surface area contributed by atoms with Gasteiger partial charge in [0.1, 0.15) is 0 Å². The number of halogens is 2. The number of hydrogen-bond donors (Lipinski definition) is 0. The third kappa shape index (κ3) is 4.27. The van der Waals surface area contributed by atoms with E-state index in [1.807, 2.05) is 6.07 Å². The normalized spacial score (nSPS) is 10.8. The molecule has 1 amide bonds. The van der Waals surface area contributed by atoms with Crippen LogP contribution >= 0.6 is 0 Å². The predicted octanol–water partition coefficient (Wildman–Crippen LogP) is 4.23. The van der Waals surface area contributed by atoms with Gasteiger partial charge >= 0.3 is 5.97 Å². The molecule has 30 heavy (non-hydrogen) atoms. The van der Waals surface area contributed by atoms with Crippen molar-refractivity contribution >= 4 is 22.8 Å². The highest BCUT2D eigenvalue weighted by atomic mass is 19.2. The number of nitrogens with zero attached hydrogens (tertiary/aromatic N) is 1. The van der Waals surface area contributed by atoms with Gasteiger partial charge in [-0.2, -0.15) is 0 Å². The van der Waals surface area contributed by atoms with Crippen molar-refractivity contribution in [3.63, 3.8) is 0 Å². The van der Waals surface area contributed by atoms with Crippen LogP contribution in [0.4, 0.5) is 8.78 Å². The molecule has 1 aromatic heterocycles. The molecule has 0 aliphatic heterocycles. The van der Waals surface area contributed by atoms with Crippen molar-refractivity contribution in [1.29, 1.82) is 0 Å². The van der Waals surface area contributed by atoms with E-state index in [1.54, 1.807) is 19.1 Å². The summed E-state index contributed by atoms with van der Waals surface area (Å²) in [6.07, 6.45) is -0.0610. The van der Waals surface area contributed by atoms with E-state index in [0.717, 1.165) is 17.5 Å². The number of amides is 1. The number of carbonyl (C=O) groups excluding carboxylic acids is 2. The third-order valence-corrected chi connectivity index (χ3v) is 4.80. The summed E-state index contributed by atoms with van der Waals surface area (Å²) in [6.45, 7) is 1.72. The lowest BCUT2D eigenvalue weighted by Crippen LogP contribution is -2.33. The summed E-state index contributed by atoms with van der Waals surface area (Å²) in [5.74, 6) is -2.41. The van der Waals surface area contributed by atoms with Gasteiger partial charge in [0.25, 0.3) is 5.91 Å². The van der Waals surface area contributed by atoms with Crippen LogP contribution in [0, 0.1) is 18.6 Å². The van der Waals surface area contributed by atoms with E-state index in [9.17, 15) is 18.4 Å². The van der Waals surface area contributed by atoms with E-state index >= 15 is 0 Å². The van der Waals surface area contributed by atoms with Gasteiger partial charge < -0.3 is 18.8 Å². The predicted molar refractivity (Wildman–Crippen MR) is 105 cm³/mol. The lowest BCUT2D eigenvalue weighted by molar-refractivity contribution is -0.140. The number of fused-ring (bicyclic) bond motifs is 1. The van der Waals surface area contributed by atoms with Crippen LogP contribution in [-0.4, -0.2) is 37.5 Å². The maximum Gasteiger partial charge on any atom is 0.307 e. The first kappa shape index (κ1) is 21.3. The van der Waals surface area contributed by atoms with Gasteiger partial charge in [-0.05, 0) is 30.7 Å². The number of carbonyl (C=O) groups is 2. The Balaban J connectivity index is 1.96. The molecule has 0 atom stereocenters. The Bertz CT molecular complexity index is 1090. The molecular weight excluding hydrogens is 396 g/mol. The summed E-state index contributed by atoms with van der Waals surface area (Å²) in [7, 11) is 2.75. The van der Waals surface area contributed by atoms with Gasteiger partial charge in [0.05, 0.1) is 20.6 Å². The SMILES string of the molecule is COC(=O)CCN(Cc1ccc(F)c(F)c1)C(=O)c1oc2c(OC)cccc2c1C. The Hall–Kier alpha value is -3.42. The molecule has 8 heteroatoms. The highest BCUT2D eigenvalue weighted by Gasteiger charge is 2.25. The number of rotatable bonds is 7. The smallest absolute Gasteiger partial charge is 0.307 e. The molecule has 0 N–H and O–H groups in total. The average Bonchev–Trinajstić information content (AvgIpc) is 3.09. The van der Waals surface area contributed by atoms with Gasteiger partial charge in [-0.25, -0.2) is 8.78 Å². The van der Waals surface area contributed by atoms with E-state index in [4.69, 9.17) is 9.15 Å². The van der Waals surface area contributed by atoms with Crippen molar-refractivity contribution in [2.45, 2.75) is 19.9 Å². The number of benzene rings is 2. The van der Waals surface area contributed by atoms with Crippen LogP contribution in [0.2, 0.25) is 0 Å². The summed E-state index contributed by atoms with van der Waals surface area (Å²) >= 11 is 0. The van der Waals surface area contributed by atoms with Crippen LogP contribution in [-0.2, 0) is 16.1 Å². The Labute approximate surface area is 172 Å². The van der Waals surface area contributed by atoms with Gasteiger partial charge in [0.15, 0.2) is 28.7 Å². The van der Waals surface area contributed by atoms with Crippen molar-refractivity contribution < 1.29 is 32.3 Å². The Morgan fingerprint density at radius 1 is 1.10 bits per heavy atom. The van der Waals surface area contributed by atoms with Gasteiger partial charge in [-0.1, -0.05) is 18.2 Å². The molecule has 3 rings (SSSR count). The first-order chi connectivity index (χ1) is 14.3. The second-order valence-corrected chi connectivity index (χ2v) is 6.69. The lowest BCUT2D eigenvalue weighted by atomic mass is 10.1. The van der Waals surface area contributed by atoms with Gasteiger partial charge in [0.2, 0.25) is 0 Å². The summed E-state index contributed by atoms with van der Waals surface area (Å²) in [5, 5.41) is 0.721. The zero-order valence-electron chi connectivity index (χ0n) is 16.8. The van der Waals surface area contributed by atoms with Crippen LogP contribution < -0.4 is 4.74 Å². The fourth-order valence-electron chi connectivity index (χ4n) is 3.16. The topological polar surface area (TPSA) is 69.0 Å². The van der Waals surface area contributed by atoms with Gasteiger partial charge in [-0.3, -0.25) is 9.59 Å². The summed E-state index contributed by atoms with van der Waals surface area (Å²) in [5.41, 5.74) is 1.42.